The second-order valence-electron chi connectivity index (χ2n) is 5.29. The third-order valence-electron chi connectivity index (χ3n) is 3.73. The highest BCUT2D eigenvalue weighted by molar-refractivity contribution is 7.99. The summed E-state index contributed by atoms with van der Waals surface area (Å²) in [5.41, 5.74) is 0.956. The van der Waals surface area contributed by atoms with Crippen LogP contribution in [0.2, 0.25) is 5.02 Å². The van der Waals surface area contributed by atoms with E-state index in [1.807, 2.05) is 39.9 Å². The monoisotopic (exact) mass is 335 g/mol. The Bertz CT molecular complexity index is 652. The molecule has 1 saturated heterocycles. The molecule has 0 radical (unpaired) electrons. The lowest BCUT2D eigenvalue weighted by atomic mass is 10.1. The molecule has 4 nitrogen and oxygen atoms in total. The van der Waals surface area contributed by atoms with E-state index < -0.39 is 0 Å². The van der Waals surface area contributed by atoms with Gasteiger partial charge in [0, 0.05) is 36.2 Å². The highest BCUT2D eigenvalue weighted by atomic mass is 35.5. The predicted octanol–water partition coefficient (Wildman–Crippen LogP) is 3.63. The van der Waals surface area contributed by atoms with Gasteiger partial charge in [0.2, 0.25) is 5.91 Å². The predicted molar refractivity (Wildman–Crippen MR) is 89.7 cm³/mol. The number of amides is 1. The number of carbonyl (C=O) groups excluding carboxylic acids is 1. The number of hydrogen-bond donors (Lipinski definition) is 0. The number of piperidine rings is 1. The Labute approximate surface area is 139 Å². The molecule has 0 saturated carbocycles. The molecule has 1 aliphatic rings. The Morgan fingerprint density at radius 1 is 1.27 bits per heavy atom. The molecule has 1 aromatic carbocycles. The van der Waals surface area contributed by atoms with Crippen molar-refractivity contribution >= 4 is 29.3 Å². The maximum atomic E-state index is 12.2. The van der Waals surface area contributed by atoms with Crippen molar-refractivity contribution in [3.63, 3.8) is 0 Å². The molecular weight excluding hydrogens is 318 g/mol. The third-order valence-corrected chi connectivity index (χ3v) is 4.91. The van der Waals surface area contributed by atoms with E-state index in [-0.39, 0.29) is 5.91 Å². The fraction of sp³-hybridized carbons (Fsp3) is 0.375. The minimum Gasteiger partial charge on any atom is -0.342 e. The van der Waals surface area contributed by atoms with E-state index in [1.165, 1.54) is 18.2 Å². The molecule has 1 fully saturated rings. The molecule has 1 aromatic heterocycles. The van der Waals surface area contributed by atoms with Gasteiger partial charge in [-0.1, -0.05) is 29.4 Å². The molecule has 2 heterocycles. The smallest absolute Gasteiger partial charge is 0.233 e. The first-order valence-corrected chi connectivity index (χ1v) is 8.80. The van der Waals surface area contributed by atoms with Gasteiger partial charge >= 0.3 is 0 Å². The largest absolute Gasteiger partial charge is 0.342 e. The third kappa shape index (κ3) is 3.65. The Morgan fingerprint density at radius 3 is 2.86 bits per heavy atom. The second-order valence-corrected chi connectivity index (χ2v) is 6.67. The summed E-state index contributed by atoms with van der Waals surface area (Å²) in [7, 11) is 0. The number of aromatic nitrogens is 2. The zero-order valence-corrected chi connectivity index (χ0v) is 13.8. The minimum atomic E-state index is 0.199. The van der Waals surface area contributed by atoms with Crippen molar-refractivity contribution in [3.8, 4) is 5.69 Å². The highest BCUT2D eigenvalue weighted by Gasteiger charge is 2.17. The Balaban J connectivity index is 1.66. The van der Waals surface area contributed by atoms with Crippen molar-refractivity contribution in [2.24, 2.45) is 0 Å². The number of imidazole rings is 1. The van der Waals surface area contributed by atoms with Crippen LogP contribution in [0.3, 0.4) is 0 Å². The lowest BCUT2D eigenvalue weighted by molar-refractivity contribution is -0.129. The Morgan fingerprint density at radius 2 is 2.09 bits per heavy atom. The van der Waals surface area contributed by atoms with E-state index in [0.717, 1.165) is 36.8 Å². The van der Waals surface area contributed by atoms with Crippen LogP contribution in [0.25, 0.3) is 5.69 Å². The van der Waals surface area contributed by atoms with Crippen LogP contribution in [0.4, 0.5) is 0 Å². The second kappa shape index (κ2) is 7.20. The highest BCUT2D eigenvalue weighted by Crippen LogP contribution is 2.23. The fourth-order valence-corrected chi connectivity index (χ4v) is 3.64. The standard InChI is InChI=1S/C16H18ClN3OS/c17-13-5-4-6-14(11-13)20-10-7-18-16(20)22-12-15(21)19-8-2-1-3-9-19/h4-7,10-11H,1-3,8-9,12H2. The van der Waals surface area contributed by atoms with E-state index >= 15 is 0 Å². The Hall–Kier alpha value is -1.46. The molecule has 3 rings (SSSR count). The van der Waals surface area contributed by atoms with Crippen molar-refractivity contribution < 1.29 is 4.79 Å². The number of benzene rings is 1. The van der Waals surface area contributed by atoms with Gasteiger partial charge in [0.25, 0.3) is 0 Å². The quantitative estimate of drug-likeness (QED) is 0.801. The van der Waals surface area contributed by atoms with Crippen LogP contribution in [0.1, 0.15) is 19.3 Å². The van der Waals surface area contributed by atoms with Crippen LogP contribution in [-0.2, 0) is 4.79 Å². The van der Waals surface area contributed by atoms with Gasteiger partial charge in [-0.05, 0) is 37.5 Å². The van der Waals surface area contributed by atoms with E-state index in [9.17, 15) is 4.79 Å². The van der Waals surface area contributed by atoms with Crippen LogP contribution in [0.5, 0.6) is 0 Å². The summed E-state index contributed by atoms with van der Waals surface area (Å²) in [5.74, 6) is 0.628. The molecule has 0 bridgehead atoms. The molecule has 6 heteroatoms. The molecule has 22 heavy (non-hydrogen) atoms. The SMILES string of the molecule is O=C(CSc1nccn1-c1cccc(Cl)c1)N1CCCCC1. The van der Waals surface area contributed by atoms with Crippen molar-refractivity contribution in [2.45, 2.75) is 24.4 Å². The van der Waals surface area contributed by atoms with Gasteiger partial charge in [-0.15, -0.1) is 0 Å². The van der Waals surface area contributed by atoms with Crippen LogP contribution < -0.4 is 0 Å². The molecule has 1 aliphatic heterocycles. The van der Waals surface area contributed by atoms with E-state index in [0.29, 0.717) is 10.8 Å². The number of halogens is 1. The van der Waals surface area contributed by atoms with Crippen LogP contribution >= 0.6 is 23.4 Å². The Kier molecular flexibility index (Phi) is 5.05. The minimum absolute atomic E-state index is 0.199. The first-order chi connectivity index (χ1) is 10.7. The number of thioether (sulfide) groups is 1. The van der Waals surface area contributed by atoms with Gasteiger partial charge in [-0.3, -0.25) is 9.36 Å². The molecular formula is C16H18ClN3OS. The van der Waals surface area contributed by atoms with Gasteiger partial charge in [-0.2, -0.15) is 0 Å². The molecule has 1 amide bonds. The maximum absolute atomic E-state index is 12.2. The van der Waals surface area contributed by atoms with Crippen molar-refractivity contribution in [1.29, 1.82) is 0 Å². The van der Waals surface area contributed by atoms with Gasteiger partial charge in [-0.25, -0.2) is 4.98 Å². The van der Waals surface area contributed by atoms with Gasteiger partial charge in [0.1, 0.15) is 0 Å². The molecule has 0 spiro atoms. The summed E-state index contributed by atoms with van der Waals surface area (Å²) in [6.45, 7) is 1.78. The fourth-order valence-electron chi connectivity index (χ4n) is 2.58. The van der Waals surface area contributed by atoms with Crippen LogP contribution in [0, 0.1) is 0 Å². The topological polar surface area (TPSA) is 38.1 Å². The summed E-state index contributed by atoms with van der Waals surface area (Å²) in [5, 5.41) is 1.50. The summed E-state index contributed by atoms with van der Waals surface area (Å²) in [4.78, 5) is 18.6. The van der Waals surface area contributed by atoms with Gasteiger partial charge in [0.05, 0.1) is 5.75 Å². The average Bonchev–Trinajstić information content (AvgIpc) is 3.02. The number of likely N-dealkylation sites (tertiary alicyclic amines) is 1. The van der Waals surface area contributed by atoms with Crippen molar-refractivity contribution in [2.75, 3.05) is 18.8 Å². The van der Waals surface area contributed by atoms with Gasteiger partial charge < -0.3 is 4.90 Å². The molecule has 116 valence electrons. The normalized spacial score (nSPS) is 15.0. The molecule has 2 aromatic rings. The van der Waals surface area contributed by atoms with Crippen LogP contribution in [0.15, 0.2) is 41.8 Å². The average molecular weight is 336 g/mol. The number of rotatable bonds is 4. The first kappa shape index (κ1) is 15.4. The zero-order chi connectivity index (χ0) is 15.4. The lowest BCUT2D eigenvalue weighted by Gasteiger charge is -2.26. The summed E-state index contributed by atoms with van der Waals surface area (Å²) < 4.78 is 1.96. The molecule has 0 aliphatic carbocycles. The van der Waals surface area contributed by atoms with Crippen LogP contribution in [-0.4, -0.2) is 39.2 Å². The molecule has 0 unspecified atom stereocenters. The van der Waals surface area contributed by atoms with Crippen molar-refractivity contribution in [1.82, 2.24) is 14.5 Å². The van der Waals surface area contributed by atoms with Gasteiger partial charge in [0.15, 0.2) is 5.16 Å². The van der Waals surface area contributed by atoms with E-state index in [2.05, 4.69) is 4.98 Å². The molecule has 0 atom stereocenters. The number of nitrogens with zero attached hydrogens (tertiary/aromatic N) is 3. The maximum Gasteiger partial charge on any atom is 0.233 e. The zero-order valence-electron chi connectivity index (χ0n) is 12.2. The van der Waals surface area contributed by atoms with E-state index in [1.54, 1.807) is 6.20 Å². The lowest BCUT2D eigenvalue weighted by Crippen LogP contribution is -2.36. The van der Waals surface area contributed by atoms with Crippen molar-refractivity contribution in [3.05, 3.63) is 41.7 Å². The number of carbonyl (C=O) groups is 1. The molecule has 0 N–H and O–H groups in total. The summed E-state index contributed by atoms with van der Waals surface area (Å²) >= 11 is 7.52. The first-order valence-electron chi connectivity index (χ1n) is 7.44. The summed E-state index contributed by atoms with van der Waals surface area (Å²) in [6.07, 6.45) is 7.10. The summed E-state index contributed by atoms with van der Waals surface area (Å²) in [6, 6.07) is 7.61. The number of hydrogen-bond acceptors (Lipinski definition) is 3. The van der Waals surface area contributed by atoms with E-state index in [4.69, 9.17) is 11.6 Å².